The molecule has 0 spiro atoms. The maximum Gasteiger partial charge on any atom is 0.300 e. The van der Waals surface area contributed by atoms with E-state index < -0.39 is 11.8 Å². The van der Waals surface area contributed by atoms with Crippen LogP contribution in [0, 0.1) is 0 Å². The number of carbonyl (C=O) groups excluding carboxylic acids is 5. The zero-order valence-electron chi connectivity index (χ0n) is 10.7. The predicted octanol–water partition coefficient (Wildman–Crippen LogP) is -0.142. The molecule has 10 heteroatoms. The van der Waals surface area contributed by atoms with Crippen LogP contribution in [0.4, 0.5) is 0 Å². The van der Waals surface area contributed by atoms with E-state index in [-0.39, 0.29) is 13.0 Å². The van der Waals surface area contributed by atoms with E-state index >= 15 is 0 Å². The third kappa shape index (κ3) is 6.05. The second-order valence-electron chi connectivity index (χ2n) is 3.50. The molecule has 0 aromatic heterocycles. The Morgan fingerprint density at radius 3 is 1.76 bits per heavy atom. The van der Waals surface area contributed by atoms with E-state index in [1.54, 1.807) is 0 Å². The van der Waals surface area contributed by atoms with Gasteiger partial charge in [-0.15, -0.1) is 15.0 Å². The van der Waals surface area contributed by atoms with Crippen LogP contribution in [0.3, 0.4) is 0 Å². The Kier molecular flexibility index (Phi) is 9.20. The van der Waals surface area contributed by atoms with E-state index in [1.165, 1.54) is 12.2 Å². The van der Waals surface area contributed by atoms with E-state index in [2.05, 4.69) is 25.0 Å². The minimum atomic E-state index is -2.27. The second kappa shape index (κ2) is 10.8. The van der Waals surface area contributed by atoms with Crippen LogP contribution in [-0.4, -0.2) is 48.8 Å². The van der Waals surface area contributed by atoms with Gasteiger partial charge in [0.15, 0.2) is 0 Å². The lowest BCUT2D eigenvalue weighted by atomic mass is 10.0. The zero-order chi connectivity index (χ0) is 16.0. The Labute approximate surface area is 118 Å². The molecule has 108 valence electrons. The van der Waals surface area contributed by atoms with Gasteiger partial charge in [0.2, 0.25) is 30.4 Å². The van der Waals surface area contributed by atoms with Crippen molar-refractivity contribution >= 4 is 30.4 Å². The van der Waals surface area contributed by atoms with Gasteiger partial charge in [-0.1, -0.05) is 0 Å². The molecule has 0 fully saturated rings. The lowest BCUT2D eigenvalue weighted by molar-refractivity contribution is 0.346. The molecule has 0 aromatic carbocycles. The van der Waals surface area contributed by atoms with Crippen LogP contribution in [-0.2, 0) is 24.0 Å². The molecule has 0 aromatic rings. The molecule has 0 heterocycles. The third-order valence-corrected chi connectivity index (χ3v) is 2.35. The lowest BCUT2D eigenvalue weighted by Gasteiger charge is -2.21. The normalized spacial score (nSPS) is 12.8. The van der Waals surface area contributed by atoms with Crippen molar-refractivity contribution in [1.29, 1.82) is 0 Å². The van der Waals surface area contributed by atoms with Crippen LogP contribution >= 0.6 is 0 Å². The number of isocyanates is 5. The first-order valence-electron chi connectivity index (χ1n) is 5.58. The van der Waals surface area contributed by atoms with Gasteiger partial charge in [0.25, 0.3) is 5.79 Å². The van der Waals surface area contributed by atoms with E-state index in [9.17, 15) is 24.0 Å². The fourth-order valence-corrected chi connectivity index (χ4v) is 1.48. The first-order chi connectivity index (χ1) is 10.2. The summed E-state index contributed by atoms with van der Waals surface area (Å²) in [6, 6.07) is -1.24. The minimum absolute atomic E-state index is 0.0607. The molecule has 0 saturated heterocycles. The minimum Gasteiger partial charge on any atom is -0.211 e. The maximum absolute atomic E-state index is 10.4. The van der Waals surface area contributed by atoms with Crippen molar-refractivity contribution in [1.82, 2.24) is 0 Å². The van der Waals surface area contributed by atoms with Crippen LogP contribution in [0.5, 0.6) is 0 Å². The Hall–Kier alpha value is -3.10. The summed E-state index contributed by atoms with van der Waals surface area (Å²) in [5, 5.41) is 0. The fourth-order valence-electron chi connectivity index (χ4n) is 1.48. The molecular weight excluding hydrogens is 282 g/mol. The molecule has 0 bridgehead atoms. The average molecular weight is 291 g/mol. The lowest BCUT2D eigenvalue weighted by Crippen LogP contribution is -2.35. The van der Waals surface area contributed by atoms with Gasteiger partial charge in [-0.3, -0.25) is 0 Å². The third-order valence-electron chi connectivity index (χ3n) is 2.35. The summed E-state index contributed by atoms with van der Waals surface area (Å²) in [5.41, 5.74) is 0. The van der Waals surface area contributed by atoms with Gasteiger partial charge in [0.1, 0.15) is 6.04 Å². The quantitative estimate of drug-likeness (QED) is 0.312. The molecule has 21 heavy (non-hydrogen) atoms. The molecule has 0 aliphatic carbocycles. The molecule has 0 N–H and O–H groups in total. The summed E-state index contributed by atoms with van der Waals surface area (Å²) in [6.45, 7) is 0.193. The molecule has 0 rings (SSSR count). The Balaban J connectivity index is 5.36. The van der Waals surface area contributed by atoms with E-state index in [0.717, 1.165) is 18.2 Å². The molecule has 10 nitrogen and oxygen atoms in total. The number of unbranched alkanes of at least 4 members (excludes halogenated alkanes) is 1. The highest BCUT2D eigenvalue weighted by Gasteiger charge is 2.39. The topological polar surface area (TPSA) is 147 Å². The van der Waals surface area contributed by atoms with Crippen molar-refractivity contribution in [3.05, 3.63) is 0 Å². The first kappa shape index (κ1) is 17.9. The van der Waals surface area contributed by atoms with Crippen molar-refractivity contribution in [2.45, 2.75) is 31.1 Å². The van der Waals surface area contributed by atoms with Crippen molar-refractivity contribution in [2.75, 3.05) is 6.54 Å². The van der Waals surface area contributed by atoms with Crippen LogP contribution in [0.2, 0.25) is 0 Å². The summed E-state index contributed by atoms with van der Waals surface area (Å²) in [5.74, 6) is -2.27. The number of rotatable bonds is 10. The highest BCUT2D eigenvalue weighted by molar-refractivity contribution is 5.44. The van der Waals surface area contributed by atoms with Crippen LogP contribution in [0.15, 0.2) is 25.0 Å². The van der Waals surface area contributed by atoms with Gasteiger partial charge in [-0.25, -0.2) is 29.0 Å². The second-order valence-corrected chi connectivity index (χ2v) is 3.50. The van der Waals surface area contributed by atoms with Crippen molar-refractivity contribution in [3.8, 4) is 0 Å². The van der Waals surface area contributed by atoms with E-state index in [0.29, 0.717) is 12.8 Å². The Bertz CT molecular complexity index is 541. The number of aliphatic imine (C=N–C) groups is 5. The highest BCUT2D eigenvalue weighted by atomic mass is 16.1. The van der Waals surface area contributed by atoms with Crippen LogP contribution in [0.1, 0.15) is 19.3 Å². The smallest absolute Gasteiger partial charge is 0.211 e. The van der Waals surface area contributed by atoms with Crippen LogP contribution in [0.25, 0.3) is 0 Å². The number of nitrogens with zero attached hydrogens (tertiary/aromatic N) is 5. The summed E-state index contributed by atoms with van der Waals surface area (Å²) in [6.07, 6.45) is 6.71. The van der Waals surface area contributed by atoms with Gasteiger partial charge in [0.05, 0.1) is 6.54 Å². The molecule has 0 aliphatic heterocycles. The highest BCUT2D eigenvalue weighted by Crippen LogP contribution is 2.25. The standard InChI is InChI=1S/C11H9N5O5/c17-5-12-4-2-1-3-10(13-6-18)11(14-7-19,15-8-20)16-9-21/h10H,1-4H2. The summed E-state index contributed by atoms with van der Waals surface area (Å²) < 4.78 is 0. The zero-order valence-corrected chi connectivity index (χ0v) is 10.7. The summed E-state index contributed by atoms with van der Waals surface area (Å²) in [4.78, 5) is 67.7. The summed E-state index contributed by atoms with van der Waals surface area (Å²) >= 11 is 0. The van der Waals surface area contributed by atoms with Gasteiger partial charge in [-0.05, 0) is 19.3 Å². The van der Waals surface area contributed by atoms with E-state index in [1.807, 2.05) is 0 Å². The molecule has 1 unspecified atom stereocenters. The molecule has 0 aliphatic rings. The average Bonchev–Trinajstić information content (AvgIpc) is 2.46. The number of hydrogen-bond acceptors (Lipinski definition) is 10. The Morgan fingerprint density at radius 2 is 1.33 bits per heavy atom. The van der Waals surface area contributed by atoms with E-state index in [4.69, 9.17) is 0 Å². The maximum atomic E-state index is 10.4. The Morgan fingerprint density at radius 1 is 0.762 bits per heavy atom. The molecule has 0 amide bonds. The van der Waals surface area contributed by atoms with Crippen molar-refractivity contribution in [2.24, 2.45) is 25.0 Å². The predicted molar refractivity (Wildman–Crippen MR) is 65.8 cm³/mol. The van der Waals surface area contributed by atoms with Gasteiger partial charge in [-0.2, -0.15) is 4.99 Å². The SMILES string of the molecule is O=C=NCCCCC(N=C=O)C(N=C=O)(N=C=O)N=C=O. The van der Waals surface area contributed by atoms with Gasteiger partial charge in [0, 0.05) is 0 Å². The molecule has 0 saturated carbocycles. The van der Waals surface area contributed by atoms with Crippen LogP contribution < -0.4 is 0 Å². The van der Waals surface area contributed by atoms with Crippen molar-refractivity contribution in [3.63, 3.8) is 0 Å². The molecular formula is C11H9N5O5. The van der Waals surface area contributed by atoms with Gasteiger partial charge < -0.3 is 0 Å². The fraction of sp³-hybridized carbons (Fsp3) is 0.545. The molecule has 0 radical (unpaired) electrons. The first-order valence-corrected chi connectivity index (χ1v) is 5.58. The largest absolute Gasteiger partial charge is 0.300 e. The number of hydrogen-bond donors (Lipinski definition) is 0. The monoisotopic (exact) mass is 291 g/mol. The van der Waals surface area contributed by atoms with Gasteiger partial charge >= 0.3 is 0 Å². The summed E-state index contributed by atoms with van der Waals surface area (Å²) in [7, 11) is 0. The van der Waals surface area contributed by atoms with Crippen molar-refractivity contribution < 1.29 is 24.0 Å². The molecule has 1 atom stereocenters.